The highest BCUT2D eigenvalue weighted by Gasteiger charge is 2.43. The van der Waals surface area contributed by atoms with Gasteiger partial charge in [0.25, 0.3) is 0 Å². The molecule has 0 radical (unpaired) electrons. The van der Waals surface area contributed by atoms with E-state index in [-0.39, 0.29) is 5.41 Å². The van der Waals surface area contributed by atoms with Crippen LogP contribution < -0.4 is 5.73 Å². The summed E-state index contributed by atoms with van der Waals surface area (Å²) in [7, 11) is 0. The minimum absolute atomic E-state index is 0.156. The Morgan fingerprint density at radius 1 is 1.50 bits per heavy atom. The molecule has 5 nitrogen and oxygen atoms in total. The van der Waals surface area contributed by atoms with E-state index in [0.717, 1.165) is 24.4 Å². The summed E-state index contributed by atoms with van der Waals surface area (Å²) in [5.74, 6) is 1.44. The summed E-state index contributed by atoms with van der Waals surface area (Å²) in [4.78, 5) is 8.56. The number of aromatic nitrogens is 3. The van der Waals surface area contributed by atoms with E-state index in [1.807, 2.05) is 5.38 Å². The van der Waals surface area contributed by atoms with E-state index in [9.17, 15) is 0 Å². The minimum atomic E-state index is 0.156. The lowest BCUT2D eigenvalue weighted by atomic mass is 10.1. The van der Waals surface area contributed by atoms with Gasteiger partial charge >= 0.3 is 0 Å². The predicted octanol–water partition coefficient (Wildman–Crippen LogP) is 1.75. The van der Waals surface area contributed by atoms with Gasteiger partial charge < -0.3 is 10.3 Å². The first-order valence-electron chi connectivity index (χ1n) is 5.19. The van der Waals surface area contributed by atoms with Crippen molar-refractivity contribution in [1.82, 2.24) is 15.1 Å². The lowest BCUT2D eigenvalue weighted by Gasteiger charge is -1.96. The molecule has 1 saturated carbocycles. The molecular weight excluding hydrogens is 224 g/mol. The molecule has 1 fully saturated rings. The monoisotopic (exact) mass is 236 g/mol. The molecule has 16 heavy (non-hydrogen) atoms. The van der Waals surface area contributed by atoms with Crippen LogP contribution in [0.15, 0.2) is 9.90 Å². The average molecular weight is 236 g/mol. The van der Waals surface area contributed by atoms with Gasteiger partial charge in [-0.05, 0) is 12.8 Å². The summed E-state index contributed by atoms with van der Waals surface area (Å²) in [5.41, 5.74) is 6.60. The normalized spacial score (nSPS) is 17.6. The first kappa shape index (κ1) is 9.77. The molecule has 0 spiro atoms. The maximum Gasteiger partial charge on any atom is 0.232 e. The van der Waals surface area contributed by atoms with Gasteiger partial charge in [0.2, 0.25) is 5.89 Å². The van der Waals surface area contributed by atoms with Crippen LogP contribution in [0.3, 0.4) is 0 Å². The summed E-state index contributed by atoms with van der Waals surface area (Å²) in [6, 6.07) is 0. The largest absolute Gasteiger partial charge is 0.375 e. The van der Waals surface area contributed by atoms with Crippen molar-refractivity contribution < 1.29 is 4.52 Å². The van der Waals surface area contributed by atoms with Gasteiger partial charge in [-0.3, -0.25) is 0 Å². The van der Waals surface area contributed by atoms with Crippen LogP contribution in [-0.2, 0) is 11.8 Å². The van der Waals surface area contributed by atoms with Crippen LogP contribution >= 0.6 is 11.3 Å². The summed E-state index contributed by atoms with van der Waals surface area (Å²) in [6.45, 7) is 2.16. The van der Waals surface area contributed by atoms with Gasteiger partial charge in [-0.2, -0.15) is 4.98 Å². The van der Waals surface area contributed by atoms with Crippen LogP contribution in [0.1, 0.15) is 37.2 Å². The van der Waals surface area contributed by atoms with Gasteiger partial charge in [0.15, 0.2) is 11.0 Å². The second kappa shape index (κ2) is 3.28. The van der Waals surface area contributed by atoms with E-state index in [0.29, 0.717) is 17.4 Å². The molecule has 0 aromatic carbocycles. The van der Waals surface area contributed by atoms with Crippen LogP contribution in [-0.4, -0.2) is 15.1 Å². The van der Waals surface area contributed by atoms with Gasteiger partial charge in [0.05, 0.1) is 12.1 Å². The van der Waals surface area contributed by atoms with Crippen molar-refractivity contribution >= 4 is 16.5 Å². The summed E-state index contributed by atoms with van der Waals surface area (Å²) < 4.78 is 5.21. The SMILES string of the molecule is CC1(c2noc(Cc3csc(N)n3)n2)CC1. The Kier molecular flexibility index (Phi) is 2.00. The van der Waals surface area contributed by atoms with E-state index in [1.54, 1.807) is 0 Å². The molecule has 0 unspecified atom stereocenters. The van der Waals surface area contributed by atoms with E-state index in [2.05, 4.69) is 22.0 Å². The Morgan fingerprint density at radius 3 is 2.94 bits per heavy atom. The highest BCUT2D eigenvalue weighted by molar-refractivity contribution is 7.13. The van der Waals surface area contributed by atoms with E-state index < -0.39 is 0 Å². The molecule has 2 aromatic heterocycles. The third-order valence-corrected chi connectivity index (χ3v) is 3.63. The van der Waals surface area contributed by atoms with Crippen LogP contribution in [0.5, 0.6) is 0 Å². The van der Waals surface area contributed by atoms with Gasteiger partial charge in [-0.15, -0.1) is 11.3 Å². The van der Waals surface area contributed by atoms with Gasteiger partial charge in [-0.25, -0.2) is 4.98 Å². The maximum atomic E-state index is 5.56. The minimum Gasteiger partial charge on any atom is -0.375 e. The van der Waals surface area contributed by atoms with Crippen molar-refractivity contribution in [1.29, 1.82) is 0 Å². The Labute approximate surface area is 96.7 Å². The number of thiazole rings is 1. The predicted molar refractivity (Wildman–Crippen MR) is 60.2 cm³/mol. The molecule has 6 heteroatoms. The molecule has 2 N–H and O–H groups in total. The molecule has 2 aromatic rings. The molecule has 3 rings (SSSR count). The summed E-state index contributed by atoms with van der Waals surface area (Å²) in [5, 5.41) is 6.50. The molecule has 0 bridgehead atoms. The third-order valence-electron chi connectivity index (χ3n) is 2.91. The second-order valence-corrected chi connectivity index (χ2v) is 5.32. The lowest BCUT2D eigenvalue weighted by Crippen LogP contribution is -2.02. The Balaban J connectivity index is 1.78. The number of rotatable bonds is 3. The number of hydrogen-bond acceptors (Lipinski definition) is 6. The smallest absolute Gasteiger partial charge is 0.232 e. The standard InChI is InChI=1S/C10H12N4OS/c1-10(2-3-10)8-13-7(15-14-8)4-6-5-16-9(11)12-6/h5H,2-4H2,1H3,(H2,11,12). The molecule has 2 heterocycles. The van der Waals surface area contributed by atoms with Crippen molar-refractivity contribution in [3.8, 4) is 0 Å². The lowest BCUT2D eigenvalue weighted by molar-refractivity contribution is 0.375. The quantitative estimate of drug-likeness (QED) is 0.878. The Bertz CT molecular complexity index is 514. The highest BCUT2D eigenvalue weighted by Crippen LogP contribution is 2.45. The number of nitrogen functional groups attached to an aromatic ring is 1. The molecule has 0 amide bonds. The first-order chi connectivity index (χ1) is 7.66. The fraction of sp³-hybridized carbons (Fsp3) is 0.500. The van der Waals surface area contributed by atoms with E-state index in [4.69, 9.17) is 10.3 Å². The Hall–Kier alpha value is -1.43. The zero-order chi connectivity index (χ0) is 11.2. The molecule has 0 atom stereocenters. The fourth-order valence-corrected chi connectivity index (χ4v) is 2.10. The van der Waals surface area contributed by atoms with Gasteiger partial charge in [0.1, 0.15) is 0 Å². The van der Waals surface area contributed by atoms with E-state index >= 15 is 0 Å². The molecule has 0 aliphatic heterocycles. The Morgan fingerprint density at radius 2 is 2.31 bits per heavy atom. The van der Waals surface area contributed by atoms with Crippen LogP contribution in [0.25, 0.3) is 0 Å². The van der Waals surface area contributed by atoms with Crippen molar-refractivity contribution in [3.05, 3.63) is 22.8 Å². The van der Waals surface area contributed by atoms with Crippen molar-refractivity contribution in [2.75, 3.05) is 5.73 Å². The van der Waals surface area contributed by atoms with E-state index in [1.165, 1.54) is 11.3 Å². The summed E-state index contributed by atoms with van der Waals surface area (Å²) >= 11 is 1.43. The molecular formula is C10H12N4OS. The summed E-state index contributed by atoms with van der Waals surface area (Å²) in [6.07, 6.45) is 2.86. The van der Waals surface area contributed by atoms with Gasteiger partial charge in [0, 0.05) is 10.8 Å². The highest BCUT2D eigenvalue weighted by atomic mass is 32.1. The van der Waals surface area contributed by atoms with Crippen LogP contribution in [0.2, 0.25) is 0 Å². The molecule has 84 valence electrons. The number of anilines is 1. The van der Waals surface area contributed by atoms with Gasteiger partial charge in [-0.1, -0.05) is 12.1 Å². The number of nitrogens with two attached hydrogens (primary N) is 1. The number of nitrogens with zero attached hydrogens (tertiary/aromatic N) is 3. The van der Waals surface area contributed by atoms with Crippen LogP contribution in [0.4, 0.5) is 5.13 Å². The van der Waals surface area contributed by atoms with Crippen molar-refractivity contribution in [2.45, 2.75) is 31.6 Å². The fourth-order valence-electron chi connectivity index (χ4n) is 1.54. The molecule has 0 saturated heterocycles. The molecule has 1 aliphatic rings. The molecule has 1 aliphatic carbocycles. The number of hydrogen-bond donors (Lipinski definition) is 1. The zero-order valence-corrected chi connectivity index (χ0v) is 9.75. The first-order valence-corrected chi connectivity index (χ1v) is 6.07. The third kappa shape index (κ3) is 1.69. The van der Waals surface area contributed by atoms with Crippen LogP contribution in [0, 0.1) is 0 Å². The van der Waals surface area contributed by atoms with Crippen molar-refractivity contribution in [3.63, 3.8) is 0 Å². The van der Waals surface area contributed by atoms with Crippen molar-refractivity contribution in [2.24, 2.45) is 0 Å². The average Bonchev–Trinajstić information content (AvgIpc) is 2.68. The second-order valence-electron chi connectivity index (χ2n) is 4.43. The topological polar surface area (TPSA) is 77.8 Å². The zero-order valence-electron chi connectivity index (χ0n) is 8.93. The maximum absolute atomic E-state index is 5.56.